The molecule has 1 aliphatic rings. The first-order chi connectivity index (χ1) is 12.7. The fourth-order valence-corrected chi connectivity index (χ4v) is 2.81. The number of hydrogen-bond donors (Lipinski definition) is 2. The van der Waals surface area contributed by atoms with E-state index in [2.05, 4.69) is 15.6 Å². The minimum Gasteiger partial charge on any atom is -0.493 e. The number of rotatable bonds is 8. The van der Waals surface area contributed by atoms with Crippen LogP contribution in [0.15, 0.2) is 42.7 Å². The van der Waals surface area contributed by atoms with Crippen molar-refractivity contribution in [3.05, 3.63) is 53.9 Å². The molecule has 0 bridgehead atoms. The van der Waals surface area contributed by atoms with Gasteiger partial charge in [-0.05, 0) is 42.8 Å². The summed E-state index contributed by atoms with van der Waals surface area (Å²) in [7, 11) is 1.61. The maximum Gasteiger partial charge on any atom is 0.223 e. The van der Waals surface area contributed by atoms with Crippen LogP contribution >= 0.6 is 24.8 Å². The predicted molar refractivity (Wildman–Crippen MR) is 113 cm³/mol. The van der Waals surface area contributed by atoms with Gasteiger partial charge in [-0.1, -0.05) is 19.1 Å². The van der Waals surface area contributed by atoms with E-state index in [0.29, 0.717) is 30.6 Å². The van der Waals surface area contributed by atoms with Gasteiger partial charge in [0.15, 0.2) is 11.5 Å². The second-order valence-corrected chi connectivity index (χ2v) is 6.56. The molecule has 1 saturated heterocycles. The number of amides is 1. The van der Waals surface area contributed by atoms with E-state index in [1.165, 1.54) is 0 Å². The molecule has 2 N–H and O–H groups in total. The molecule has 154 valence electrons. The van der Waals surface area contributed by atoms with E-state index in [1.54, 1.807) is 19.5 Å². The van der Waals surface area contributed by atoms with E-state index < -0.39 is 0 Å². The highest BCUT2D eigenvalue weighted by Crippen LogP contribution is 2.29. The molecule has 1 fully saturated rings. The summed E-state index contributed by atoms with van der Waals surface area (Å²) < 4.78 is 11.3. The normalized spacial score (nSPS) is 13.9. The molecule has 2 heterocycles. The molecule has 0 spiro atoms. The highest BCUT2D eigenvalue weighted by molar-refractivity contribution is 5.85. The number of methoxy groups -OCH3 is 1. The number of hydrogen-bond acceptors (Lipinski definition) is 5. The number of halogens is 2. The maximum atomic E-state index is 12.2. The predicted octanol–water partition coefficient (Wildman–Crippen LogP) is 2.98. The van der Waals surface area contributed by atoms with E-state index >= 15 is 0 Å². The molecule has 6 nitrogen and oxygen atoms in total. The first kappa shape index (κ1) is 24.0. The molecule has 28 heavy (non-hydrogen) atoms. The first-order valence-corrected chi connectivity index (χ1v) is 8.84. The van der Waals surface area contributed by atoms with Crippen LogP contribution in [0.1, 0.15) is 18.1 Å². The van der Waals surface area contributed by atoms with Gasteiger partial charge in [0.05, 0.1) is 7.11 Å². The van der Waals surface area contributed by atoms with Crippen LogP contribution in [0.2, 0.25) is 0 Å². The lowest BCUT2D eigenvalue weighted by molar-refractivity contribution is -0.126. The van der Waals surface area contributed by atoms with Crippen LogP contribution in [0.4, 0.5) is 0 Å². The molecule has 2 aromatic rings. The Bertz CT molecular complexity index is 743. The van der Waals surface area contributed by atoms with Crippen molar-refractivity contribution in [1.82, 2.24) is 15.6 Å². The number of carbonyl (C=O) groups is 1. The number of pyridine rings is 1. The maximum absolute atomic E-state index is 12.2. The summed E-state index contributed by atoms with van der Waals surface area (Å²) in [4.78, 5) is 16.3. The zero-order valence-corrected chi connectivity index (χ0v) is 17.6. The standard InChI is InChI=1S/C20H25N3O3.2ClH/c1-14(17-11-22-12-17)20(24)23-10-15-5-6-18(19(8-15)25-2)26-13-16-4-3-7-21-9-16;;/h3-9,14,17,22H,10-13H2,1-2H3,(H,23,24);2*1H. The van der Waals surface area contributed by atoms with Gasteiger partial charge in [-0.25, -0.2) is 0 Å². The van der Waals surface area contributed by atoms with Crippen LogP contribution in [-0.4, -0.2) is 31.1 Å². The Morgan fingerprint density at radius 2 is 2.04 bits per heavy atom. The zero-order valence-electron chi connectivity index (χ0n) is 16.0. The summed E-state index contributed by atoms with van der Waals surface area (Å²) in [5, 5.41) is 6.21. The monoisotopic (exact) mass is 427 g/mol. The quantitative estimate of drug-likeness (QED) is 0.677. The molecule has 0 aliphatic carbocycles. The SMILES string of the molecule is COc1cc(CNC(=O)C(C)C2CNC2)ccc1OCc1cccnc1.Cl.Cl. The fraction of sp³-hybridized carbons (Fsp3) is 0.400. The average Bonchev–Trinajstić information content (AvgIpc) is 2.64. The zero-order chi connectivity index (χ0) is 18.4. The lowest BCUT2D eigenvalue weighted by Gasteiger charge is -2.31. The second-order valence-electron chi connectivity index (χ2n) is 6.56. The molecule has 0 saturated carbocycles. The number of nitrogens with one attached hydrogen (secondary N) is 2. The Kier molecular flexibility index (Phi) is 10.1. The summed E-state index contributed by atoms with van der Waals surface area (Å²) >= 11 is 0. The van der Waals surface area contributed by atoms with Gasteiger partial charge >= 0.3 is 0 Å². The third-order valence-electron chi connectivity index (χ3n) is 4.75. The Labute approximate surface area is 178 Å². The van der Waals surface area contributed by atoms with E-state index in [4.69, 9.17) is 9.47 Å². The van der Waals surface area contributed by atoms with Gasteiger partial charge in [-0.2, -0.15) is 0 Å². The molecule has 1 aliphatic heterocycles. The van der Waals surface area contributed by atoms with Crippen LogP contribution in [0, 0.1) is 11.8 Å². The van der Waals surface area contributed by atoms with Crippen molar-refractivity contribution in [2.24, 2.45) is 11.8 Å². The van der Waals surface area contributed by atoms with E-state index in [0.717, 1.165) is 24.2 Å². The summed E-state index contributed by atoms with van der Waals surface area (Å²) in [5.41, 5.74) is 1.97. The molecule has 1 atom stereocenters. The minimum atomic E-state index is 0. The highest BCUT2D eigenvalue weighted by atomic mass is 35.5. The molecular weight excluding hydrogens is 401 g/mol. The van der Waals surface area contributed by atoms with Gasteiger partial charge in [0, 0.05) is 30.4 Å². The Balaban J connectivity index is 0.00000196. The number of ether oxygens (including phenoxy) is 2. The lowest BCUT2D eigenvalue weighted by Crippen LogP contribution is -2.49. The number of nitrogens with zero attached hydrogens (tertiary/aromatic N) is 1. The summed E-state index contributed by atoms with van der Waals surface area (Å²) in [6.07, 6.45) is 3.50. The highest BCUT2D eigenvalue weighted by Gasteiger charge is 2.28. The van der Waals surface area contributed by atoms with E-state index in [1.807, 2.05) is 37.3 Å². The van der Waals surface area contributed by atoms with Crippen LogP contribution in [0.25, 0.3) is 0 Å². The van der Waals surface area contributed by atoms with Crippen molar-refractivity contribution in [3.63, 3.8) is 0 Å². The van der Waals surface area contributed by atoms with Crippen molar-refractivity contribution in [1.29, 1.82) is 0 Å². The van der Waals surface area contributed by atoms with Crippen LogP contribution in [0.5, 0.6) is 11.5 Å². The number of carbonyl (C=O) groups excluding carboxylic acids is 1. The minimum absolute atomic E-state index is 0. The smallest absolute Gasteiger partial charge is 0.223 e. The lowest BCUT2D eigenvalue weighted by atomic mass is 9.88. The Morgan fingerprint density at radius 3 is 2.64 bits per heavy atom. The van der Waals surface area contributed by atoms with Gasteiger partial charge in [-0.3, -0.25) is 9.78 Å². The first-order valence-electron chi connectivity index (χ1n) is 8.84. The van der Waals surface area contributed by atoms with Crippen LogP contribution in [-0.2, 0) is 17.9 Å². The van der Waals surface area contributed by atoms with Gasteiger partial charge < -0.3 is 20.1 Å². The van der Waals surface area contributed by atoms with Gasteiger partial charge in [-0.15, -0.1) is 24.8 Å². The van der Waals surface area contributed by atoms with E-state index in [9.17, 15) is 4.79 Å². The fourth-order valence-electron chi connectivity index (χ4n) is 2.81. The molecule has 1 unspecified atom stereocenters. The second kappa shape index (κ2) is 11.7. The molecule has 1 aromatic heterocycles. The van der Waals surface area contributed by atoms with Crippen LogP contribution in [0.3, 0.4) is 0 Å². The average molecular weight is 428 g/mol. The number of benzene rings is 1. The molecule has 1 amide bonds. The third-order valence-corrected chi connectivity index (χ3v) is 4.75. The van der Waals surface area contributed by atoms with Crippen molar-refractivity contribution in [2.45, 2.75) is 20.1 Å². The van der Waals surface area contributed by atoms with Crippen molar-refractivity contribution >= 4 is 30.7 Å². The third kappa shape index (κ3) is 6.26. The van der Waals surface area contributed by atoms with Crippen molar-refractivity contribution in [2.75, 3.05) is 20.2 Å². The summed E-state index contributed by atoms with van der Waals surface area (Å²) in [6.45, 7) is 4.73. The molecule has 8 heteroatoms. The molecular formula is C20H27Cl2N3O3. The topological polar surface area (TPSA) is 72.5 Å². The molecule has 0 radical (unpaired) electrons. The summed E-state index contributed by atoms with van der Waals surface area (Å²) in [5.74, 6) is 1.87. The molecule has 3 rings (SSSR count). The van der Waals surface area contributed by atoms with Gasteiger partial charge in [0.25, 0.3) is 0 Å². The largest absolute Gasteiger partial charge is 0.493 e. The number of aromatic nitrogens is 1. The van der Waals surface area contributed by atoms with Crippen LogP contribution < -0.4 is 20.1 Å². The van der Waals surface area contributed by atoms with Crippen molar-refractivity contribution < 1.29 is 14.3 Å². The Hall–Kier alpha value is -2.02. The Morgan fingerprint density at radius 1 is 1.25 bits per heavy atom. The van der Waals surface area contributed by atoms with E-state index in [-0.39, 0.29) is 36.6 Å². The van der Waals surface area contributed by atoms with Gasteiger partial charge in [0.2, 0.25) is 5.91 Å². The van der Waals surface area contributed by atoms with Crippen molar-refractivity contribution in [3.8, 4) is 11.5 Å². The summed E-state index contributed by atoms with van der Waals surface area (Å²) in [6, 6.07) is 9.55. The van der Waals surface area contributed by atoms with Gasteiger partial charge in [0.1, 0.15) is 6.61 Å². The molecule has 1 aromatic carbocycles.